The fraction of sp³-hybridized carbons (Fsp3) is 0.811. The highest BCUT2D eigenvalue weighted by atomic mass is 32.2. The molecule has 0 saturated heterocycles. The minimum atomic E-state index is -3.89. The van der Waals surface area contributed by atoms with Gasteiger partial charge in [0.05, 0.1) is 17.1 Å². The summed E-state index contributed by atoms with van der Waals surface area (Å²) in [4.78, 5) is 12.9. The number of hydrogen-bond acceptors (Lipinski definition) is 5. The molecule has 4 fully saturated rings. The number of nitrogens with one attached hydrogen (secondary N) is 1. The van der Waals surface area contributed by atoms with Crippen molar-refractivity contribution in [3.63, 3.8) is 0 Å². The van der Waals surface area contributed by atoms with Crippen LogP contribution in [-0.4, -0.2) is 36.7 Å². The number of hydrogen-bond donors (Lipinski definition) is 3. The topological polar surface area (TPSA) is 104 Å². The van der Waals surface area contributed by atoms with E-state index in [1.54, 1.807) is 12.1 Å². The van der Waals surface area contributed by atoms with E-state index in [9.17, 15) is 23.4 Å². The first-order valence-electron chi connectivity index (χ1n) is 17.5. The number of carbonyl (C=O) groups is 1. The maximum atomic E-state index is 12.9. The van der Waals surface area contributed by atoms with Gasteiger partial charge in [0.25, 0.3) is 10.0 Å². The van der Waals surface area contributed by atoms with E-state index in [1.807, 2.05) is 12.1 Å². The first-order valence-corrected chi connectivity index (χ1v) is 19.0. The number of amides is 1. The van der Waals surface area contributed by atoms with Gasteiger partial charge in [-0.3, -0.25) is 4.79 Å². The second-order valence-corrected chi connectivity index (χ2v) is 18.5. The normalized spacial score (nSPS) is 39.6. The van der Waals surface area contributed by atoms with Crippen LogP contribution < -0.4 is 4.72 Å². The van der Waals surface area contributed by atoms with Crippen molar-refractivity contribution >= 4 is 15.9 Å². The van der Waals surface area contributed by atoms with Crippen LogP contribution >= 0.6 is 0 Å². The molecule has 0 radical (unpaired) electrons. The van der Waals surface area contributed by atoms with Crippen LogP contribution in [0.5, 0.6) is 0 Å². The number of carbonyl (C=O) groups excluding carboxylic acids is 1. The molecule has 4 aliphatic rings. The van der Waals surface area contributed by atoms with Crippen LogP contribution in [0.2, 0.25) is 0 Å². The Bertz CT molecular complexity index is 1290. The van der Waals surface area contributed by atoms with Crippen LogP contribution in [0.4, 0.5) is 0 Å². The molecule has 44 heavy (non-hydrogen) atoms. The van der Waals surface area contributed by atoms with Gasteiger partial charge in [-0.05, 0) is 133 Å². The van der Waals surface area contributed by atoms with Gasteiger partial charge in [0, 0.05) is 6.42 Å². The number of benzene rings is 1. The molecule has 0 heterocycles. The molecule has 1 aromatic carbocycles. The molecule has 0 aliphatic heterocycles. The lowest BCUT2D eigenvalue weighted by molar-refractivity contribution is -0.203. The van der Waals surface area contributed by atoms with Gasteiger partial charge < -0.3 is 10.2 Å². The second-order valence-electron chi connectivity index (χ2n) is 16.8. The standard InChI is InChI=1S/C37H59NO5S/c1-8-27-31-22-25(39)18-20-37(31,7)30-19-21-36(6)28(16-17-29(36)33(30)34(27)41)23(2)10-9-11-32(40)38-44(42,43)26-14-12-24(13-15-26)35(3,4)5/h12-15,23,25,27-31,33-34,39,41H,8-11,16-22H2,1-7H3,(H,38,40)/t23-,25-,27-,28-,29?,30+,31+,33+,34-,36-,37-/m1/s1. The molecule has 4 aliphatic carbocycles. The average Bonchev–Trinajstić information content (AvgIpc) is 3.30. The Balaban J connectivity index is 1.19. The molecule has 0 aromatic heterocycles. The number of fused-ring (bicyclic) bond motifs is 5. The monoisotopic (exact) mass is 629 g/mol. The molecular formula is C37H59NO5S. The van der Waals surface area contributed by atoms with Crippen LogP contribution in [-0.2, 0) is 20.2 Å². The summed E-state index contributed by atoms with van der Waals surface area (Å²) >= 11 is 0. The highest BCUT2D eigenvalue weighted by molar-refractivity contribution is 7.90. The lowest BCUT2D eigenvalue weighted by Gasteiger charge is -2.64. The first-order chi connectivity index (χ1) is 20.5. The lowest BCUT2D eigenvalue weighted by atomic mass is 9.41. The summed E-state index contributed by atoms with van der Waals surface area (Å²) in [7, 11) is -3.89. The third-order valence-electron chi connectivity index (χ3n) is 13.5. The highest BCUT2D eigenvalue weighted by Crippen LogP contribution is 2.69. The third-order valence-corrected chi connectivity index (χ3v) is 14.9. The van der Waals surface area contributed by atoms with Gasteiger partial charge in [-0.2, -0.15) is 0 Å². The van der Waals surface area contributed by atoms with Crippen molar-refractivity contribution in [2.24, 2.45) is 52.3 Å². The molecule has 1 unspecified atom stereocenters. The minimum Gasteiger partial charge on any atom is -0.393 e. The summed E-state index contributed by atoms with van der Waals surface area (Å²) in [6, 6.07) is 6.79. The van der Waals surface area contributed by atoms with Gasteiger partial charge in [0.2, 0.25) is 5.91 Å². The Morgan fingerprint density at radius 1 is 0.977 bits per heavy atom. The Morgan fingerprint density at radius 3 is 2.25 bits per heavy atom. The van der Waals surface area contributed by atoms with E-state index in [0.717, 1.165) is 50.5 Å². The molecule has 5 rings (SSSR count). The Labute approximate surface area is 267 Å². The molecule has 3 N–H and O–H groups in total. The molecule has 6 nitrogen and oxygen atoms in total. The minimum absolute atomic E-state index is 0.0762. The molecule has 248 valence electrons. The average molecular weight is 630 g/mol. The van der Waals surface area contributed by atoms with Gasteiger partial charge in [-0.25, -0.2) is 13.1 Å². The summed E-state index contributed by atoms with van der Waals surface area (Å²) in [6.45, 7) is 15.8. The second kappa shape index (κ2) is 12.3. The van der Waals surface area contributed by atoms with E-state index in [4.69, 9.17) is 0 Å². The fourth-order valence-electron chi connectivity index (χ4n) is 11.1. The zero-order chi connectivity index (χ0) is 32.2. The summed E-state index contributed by atoms with van der Waals surface area (Å²) in [6.07, 6.45) is 9.71. The van der Waals surface area contributed by atoms with Crippen LogP contribution in [0.3, 0.4) is 0 Å². The predicted molar refractivity (Wildman–Crippen MR) is 175 cm³/mol. The maximum absolute atomic E-state index is 12.9. The fourth-order valence-corrected chi connectivity index (χ4v) is 12.1. The van der Waals surface area contributed by atoms with E-state index in [2.05, 4.69) is 53.2 Å². The van der Waals surface area contributed by atoms with Crippen molar-refractivity contribution < 1.29 is 23.4 Å². The van der Waals surface area contributed by atoms with Crippen molar-refractivity contribution in [3.8, 4) is 0 Å². The predicted octanol–water partition coefficient (Wildman–Crippen LogP) is 7.22. The zero-order valence-corrected chi connectivity index (χ0v) is 29.1. The SMILES string of the molecule is CC[C@H]1[C@@H](O)[C@H]2C3CC[C@H]([C@H](C)CCCC(=O)NS(=O)(=O)c4ccc(C(C)(C)C)cc4)[C@@]3(C)CC[C@@H]2[C@@]2(C)CC[C@@H](O)C[C@@H]12. The summed E-state index contributed by atoms with van der Waals surface area (Å²) in [5, 5.41) is 22.5. The molecule has 11 atom stereocenters. The van der Waals surface area contributed by atoms with Crippen LogP contribution in [0.1, 0.15) is 125 Å². The molecule has 4 saturated carbocycles. The van der Waals surface area contributed by atoms with Gasteiger partial charge in [-0.1, -0.05) is 67.0 Å². The first kappa shape index (κ1) is 33.9. The summed E-state index contributed by atoms with van der Waals surface area (Å²) < 4.78 is 28.0. The van der Waals surface area contributed by atoms with Gasteiger partial charge in [0.1, 0.15) is 0 Å². The Kier molecular flexibility index (Phi) is 9.48. The van der Waals surface area contributed by atoms with Crippen LogP contribution in [0.25, 0.3) is 0 Å². The highest BCUT2D eigenvalue weighted by Gasteiger charge is 2.64. The smallest absolute Gasteiger partial charge is 0.264 e. The lowest BCUT2D eigenvalue weighted by Crippen LogP contribution is -2.62. The maximum Gasteiger partial charge on any atom is 0.264 e. The van der Waals surface area contributed by atoms with Crippen molar-refractivity contribution in [3.05, 3.63) is 29.8 Å². The van der Waals surface area contributed by atoms with Crippen molar-refractivity contribution in [2.75, 3.05) is 0 Å². The number of sulfonamides is 1. The van der Waals surface area contributed by atoms with E-state index < -0.39 is 15.9 Å². The molecule has 7 heteroatoms. The van der Waals surface area contributed by atoms with Crippen molar-refractivity contribution in [2.45, 2.75) is 142 Å². The van der Waals surface area contributed by atoms with E-state index >= 15 is 0 Å². The summed E-state index contributed by atoms with van der Waals surface area (Å²) in [5.74, 6) is 2.59. The molecule has 0 spiro atoms. The molecule has 1 aromatic rings. The number of rotatable bonds is 8. The van der Waals surface area contributed by atoms with E-state index in [1.165, 1.54) is 12.8 Å². The number of aliphatic hydroxyl groups is 2. The van der Waals surface area contributed by atoms with Gasteiger partial charge in [-0.15, -0.1) is 0 Å². The Hall–Kier alpha value is -1.44. The summed E-state index contributed by atoms with van der Waals surface area (Å²) in [5.41, 5.74) is 1.36. The van der Waals surface area contributed by atoms with Crippen LogP contribution in [0.15, 0.2) is 29.2 Å². The largest absolute Gasteiger partial charge is 0.393 e. The third kappa shape index (κ3) is 6.03. The number of aliphatic hydroxyl groups excluding tert-OH is 2. The molecular weight excluding hydrogens is 570 g/mol. The van der Waals surface area contributed by atoms with Crippen molar-refractivity contribution in [1.29, 1.82) is 0 Å². The van der Waals surface area contributed by atoms with Crippen LogP contribution in [0, 0.1) is 52.3 Å². The molecule has 1 amide bonds. The van der Waals surface area contributed by atoms with E-state index in [-0.39, 0.29) is 45.7 Å². The van der Waals surface area contributed by atoms with E-state index in [0.29, 0.717) is 41.9 Å². The van der Waals surface area contributed by atoms with Crippen molar-refractivity contribution in [1.82, 2.24) is 4.72 Å². The van der Waals surface area contributed by atoms with Gasteiger partial charge in [0.15, 0.2) is 0 Å². The Morgan fingerprint density at radius 2 is 1.61 bits per heavy atom. The quantitative estimate of drug-likeness (QED) is 0.282. The molecule has 0 bridgehead atoms. The zero-order valence-electron chi connectivity index (χ0n) is 28.3. The van der Waals surface area contributed by atoms with Gasteiger partial charge >= 0.3 is 0 Å².